The van der Waals surface area contributed by atoms with Gasteiger partial charge in [0.05, 0.1) is 34.5 Å². The third kappa shape index (κ3) is 4.16. The van der Waals surface area contributed by atoms with E-state index in [-0.39, 0.29) is 52.4 Å². The van der Waals surface area contributed by atoms with Crippen molar-refractivity contribution in [2.24, 2.45) is 0 Å². The predicted octanol–water partition coefficient (Wildman–Crippen LogP) is 4.66. The van der Waals surface area contributed by atoms with Crippen LogP contribution in [0, 0.1) is 0 Å². The lowest BCUT2D eigenvalue weighted by Crippen LogP contribution is -2.28. The van der Waals surface area contributed by atoms with E-state index < -0.39 is 23.8 Å². The Balaban J connectivity index is 1.56. The van der Waals surface area contributed by atoms with Crippen LogP contribution in [0.25, 0.3) is 20.8 Å². The van der Waals surface area contributed by atoms with Crippen molar-refractivity contribution in [2.45, 2.75) is 41.5 Å². The minimum absolute atomic E-state index is 0.00705. The molecule has 0 spiro atoms. The number of aromatic nitrogens is 2. The number of hydrogen-bond acceptors (Lipinski definition) is 8. The lowest BCUT2D eigenvalue weighted by atomic mass is 10.2. The Labute approximate surface area is 186 Å². The topological polar surface area (TPSA) is 89.3 Å². The van der Waals surface area contributed by atoms with Gasteiger partial charge in [-0.05, 0) is 24.2 Å². The number of thiophene rings is 1. The molecule has 0 aliphatic carbocycles. The zero-order chi connectivity index (χ0) is 22.5. The molecular formula is C19H16F4N4O3S2. The fraction of sp³-hybridized carbons (Fsp3) is 0.421. The van der Waals surface area contributed by atoms with Crippen LogP contribution in [0.2, 0.25) is 0 Å². The van der Waals surface area contributed by atoms with Gasteiger partial charge in [0.25, 0.3) is 0 Å². The number of thioether (sulfide) groups is 1. The van der Waals surface area contributed by atoms with Crippen LogP contribution in [0.3, 0.4) is 0 Å². The second-order valence-corrected chi connectivity index (χ2v) is 9.51. The van der Waals surface area contributed by atoms with Crippen LogP contribution < -0.4 is 10.6 Å². The third-order valence-electron chi connectivity index (χ3n) is 5.18. The second-order valence-electron chi connectivity index (χ2n) is 7.41. The summed E-state index contributed by atoms with van der Waals surface area (Å²) in [7, 11) is 0. The molecule has 3 aromatic rings. The van der Waals surface area contributed by atoms with Crippen molar-refractivity contribution in [1.29, 1.82) is 0 Å². The van der Waals surface area contributed by atoms with Gasteiger partial charge in [0.2, 0.25) is 17.6 Å². The van der Waals surface area contributed by atoms with Crippen LogP contribution in [0.4, 0.5) is 23.2 Å². The van der Waals surface area contributed by atoms with Gasteiger partial charge in [-0.2, -0.15) is 18.2 Å². The van der Waals surface area contributed by atoms with Gasteiger partial charge in [-0.25, -0.2) is 4.39 Å². The van der Waals surface area contributed by atoms with Gasteiger partial charge in [-0.15, -0.1) is 11.3 Å². The maximum absolute atomic E-state index is 14.0. The molecule has 5 rings (SSSR count). The Morgan fingerprint density at radius 3 is 2.81 bits per heavy atom. The van der Waals surface area contributed by atoms with E-state index >= 15 is 0 Å². The first-order valence-electron chi connectivity index (χ1n) is 9.71. The molecule has 0 saturated carbocycles. The smallest absolute Gasteiger partial charge is 0.376 e. The molecule has 2 N–H and O–H groups in total. The van der Waals surface area contributed by atoms with Crippen molar-refractivity contribution in [3.63, 3.8) is 0 Å². The van der Waals surface area contributed by atoms with Crippen LogP contribution >= 0.6 is 23.1 Å². The molecule has 2 saturated heterocycles. The molecule has 13 heteroatoms. The number of anilines is 1. The maximum Gasteiger partial charge on any atom is 0.446 e. The molecule has 7 nitrogen and oxygen atoms in total. The summed E-state index contributed by atoms with van der Waals surface area (Å²) in [4.78, 5) is 15.9. The Kier molecular flexibility index (Phi) is 5.50. The fourth-order valence-corrected chi connectivity index (χ4v) is 5.81. The number of fused-ring (bicyclic) bond motifs is 1. The molecule has 2 aliphatic rings. The largest absolute Gasteiger partial charge is 0.446 e. The van der Waals surface area contributed by atoms with E-state index in [1.54, 1.807) is 18.2 Å². The number of ether oxygens (including phenoxy) is 1. The highest BCUT2D eigenvalue weighted by molar-refractivity contribution is 8.00. The molecule has 0 radical (unpaired) electrons. The standard InChI is InChI=1S/C19H16F4N4O3S2/c20-9-6-29-7-12(9)24-10-3-1-2-8-14(10)31-16(15(8)32-19(21,22)23)17-26-18(30-27-17)11-4-5-13(28)25-11/h1-3,9,11-12,24H,4-7H2,(H,25,28)/t9-,11+,12+/m0/s1. The zero-order valence-corrected chi connectivity index (χ0v) is 17.9. The first-order chi connectivity index (χ1) is 15.3. The predicted molar refractivity (Wildman–Crippen MR) is 110 cm³/mol. The van der Waals surface area contributed by atoms with Crippen molar-refractivity contribution < 1.29 is 31.6 Å². The number of hydrogen-bond donors (Lipinski definition) is 2. The van der Waals surface area contributed by atoms with Crippen molar-refractivity contribution in [2.75, 3.05) is 18.5 Å². The van der Waals surface area contributed by atoms with Gasteiger partial charge in [-0.3, -0.25) is 4.79 Å². The number of alkyl halides is 4. The van der Waals surface area contributed by atoms with Crippen molar-refractivity contribution in [1.82, 2.24) is 15.5 Å². The first kappa shape index (κ1) is 21.5. The van der Waals surface area contributed by atoms with Crippen LogP contribution in [0.5, 0.6) is 0 Å². The van der Waals surface area contributed by atoms with Gasteiger partial charge in [-0.1, -0.05) is 17.3 Å². The molecule has 1 amide bonds. The van der Waals surface area contributed by atoms with E-state index in [2.05, 4.69) is 20.8 Å². The molecule has 0 bridgehead atoms. The van der Waals surface area contributed by atoms with Crippen LogP contribution in [0.15, 0.2) is 27.6 Å². The van der Waals surface area contributed by atoms with Gasteiger partial charge >= 0.3 is 5.51 Å². The summed E-state index contributed by atoms with van der Waals surface area (Å²) in [5.41, 5.74) is -4.03. The Morgan fingerprint density at radius 2 is 2.12 bits per heavy atom. The molecule has 32 heavy (non-hydrogen) atoms. The average molecular weight is 488 g/mol. The number of benzene rings is 1. The highest BCUT2D eigenvalue weighted by atomic mass is 32.2. The van der Waals surface area contributed by atoms with Crippen LogP contribution in [-0.4, -0.2) is 47.0 Å². The van der Waals surface area contributed by atoms with E-state index in [1.807, 2.05) is 0 Å². The molecule has 3 atom stereocenters. The summed E-state index contributed by atoms with van der Waals surface area (Å²) >= 11 is 0.811. The number of carbonyl (C=O) groups is 1. The van der Waals surface area contributed by atoms with Crippen molar-refractivity contribution in [3.05, 3.63) is 24.1 Å². The minimum atomic E-state index is -4.54. The highest BCUT2D eigenvalue weighted by Gasteiger charge is 2.35. The first-order valence-corrected chi connectivity index (χ1v) is 11.3. The summed E-state index contributed by atoms with van der Waals surface area (Å²) in [6, 6.07) is 3.82. The van der Waals surface area contributed by atoms with E-state index in [1.165, 1.54) is 0 Å². The molecular weight excluding hydrogens is 472 g/mol. The number of amides is 1. The number of nitrogens with zero attached hydrogens (tertiary/aromatic N) is 2. The highest BCUT2D eigenvalue weighted by Crippen LogP contribution is 2.50. The monoisotopic (exact) mass is 488 g/mol. The number of carbonyl (C=O) groups excluding carboxylic acids is 1. The lowest BCUT2D eigenvalue weighted by Gasteiger charge is -2.15. The third-order valence-corrected chi connectivity index (χ3v) is 7.40. The van der Waals surface area contributed by atoms with Crippen LogP contribution in [-0.2, 0) is 9.53 Å². The molecule has 2 fully saturated rings. The quantitative estimate of drug-likeness (QED) is 0.399. The molecule has 4 heterocycles. The summed E-state index contributed by atoms with van der Waals surface area (Å²) < 4.78 is 65.1. The zero-order valence-electron chi connectivity index (χ0n) is 16.2. The molecule has 2 aliphatic heterocycles. The lowest BCUT2D eigenvalue weighted by molar-refractivity contribution is -0.119. The minimum Gasteiger partial charge on any atom is -0.376 e. The average Bonchev–Trinajstić information content (AvgIpc) is 3.50. The Hall–Kier alpha value is -2.38. The van der Waals surface area contributed by atoms with Crippen molar-refractivity contribution in [3.8, 4) is 10.7 Å². The number of nitrogens with one attached hydrogen (secondary N) is 2. The van der Waals surface area contributed by atoms with Crippen molar-refractivity contribution >= 4 is 44.8 Å². The second kappa shape index (κ2) is 8.19. The summed E-state index contributed by atoms with van der Waals surface area (Å²) in [6.45, 7) is 0.142. The van der Waals surface area contributed by atoms with Gasteiger partial charge in [0, 0.05) is 16.7 Å². The Morgan fingerprint density at radius 1 is 1.28 bits per heavy atom. The summed E-state index contributed by atoms with van der Waals surface area (Å²) in [5, 5.41) is 9.98. The van der Waals surface area contributed by atoms with Crippen LogP contribution in [0.1, 0.15) is 24.8 Å². The van der Waals surface area contributed by atoms with E-state index in [4.69, 9.17) is 9.26 Å². The van der Waals surface area contributed by atoms with Gasteiger partial charge in [0.15, 0.2) is 0 Å². The number of rotatable bonds is 5. The molecule has 2 aromatic heterocycles. The normalized spacial score (nSPS) is 23.8. The molecule has 1 aromatic carbocycles. The summed E-state index contributed by atoms with van der Waals surface area (Å²) in [6.07, 6.45) is -0.426. The summed E-state index contributed by atoms with van der Waals surface area (Å²) in [5.74, 6) is 0.00306. The number of halogens is 4. The maximum atomic E-state index is 14.0. The fourth-order valence-electron chi connectivity index (χ4n) is 3.70. The Bertz CT molecular complexity index is 1170. The van der Waals surface area contributed by atoms with E-state index in [0.717, 1.165) is 11.3 Å². The van der Waals surface area contributed by atoms with Gasteiger partial charge < -0.3 is 19.9 Å². The van der Waals surface area contributed by atoms with E-state index in [9.17, 15) is 22.4 Å². The molecule has 0 unspecified atom stereocenters. The SMILES string of the molecule is O=C1CC[C@H](c2nc(-c3sc4c(N[C@@H]5COC[C@@H]5F)cccc4c3SC(F)(F)F)no2)N1. The van der Waals surface area contributed by atoms with E-state index in [0.29, 0.717) is 28.6 Å². The van der Waals surface area contributed by atoms with Gasteiger partial charge in [0.1, 0.15) is 12.2 Å². The molecule has 170 valence electrons.